The fraction of sp³-hybridized carbons (Fsp3) is 0.250. The maximum absolute atomic E-state index is 11.0. The molecule has 1 heterocycles. The van der Waals surface area contributed by atoms with Crippen LogP contribution in [-0.4, -0.2) is 13.1 Å². The molecule has 1 rings (SSSR count). The van der Waals surface area contributed by atoms with Gasteiger partial charge in [-0.05, 0) is 0 Å². The van der Waals surface area contributed by atoms with E-state index in [0.717, 1.165) is 11.7 Å². The number of methoxy groups -OCH3 is 1. The first kappa shape index (κ1) is 4.82. The minimum atomic E-state index is -0.677. The van der Waals surface area contributed by atoms with Crippen LogP contribution in [0.1, 0.15) is 6.85 Å². The first-order chi connectivity index (χ1) is 7.40. The fourth-order valence-corrected chi connectivity index (χ4v) is 0.523. The van der Waals surface area contributed by atoms with Crippen LogP contribution in [0.3, 0.4) is 0 Å². The SMILES string of the molecule is [2H]c1c([2H])c([2H])[n+](CC(=O)OC)c([2H])c1[2H].[Cl-]. The van der Waals surface area contributed by atoms with E-state index in [2.05, 4.69) is 4.74 Å². The van der Waals surface area contributed by atoms with Crippen molar-refractivity contribution < 1.29 is 33.4 Å². The smallest absolute Gasteiger partial charge is 0.372 e. The molecule has 0 aliphatic carbocycles. The molecule has 0 aliphatic rings. The second-order valence-corrected chi connectivity index (χ2v) is 1.76. The molecular formula is C8H10ClNO2. The molecule has 66 valence electrons. The molecule has 0 unspecified atom stereocenters. The Morgan fingerprint density at radius 2 is 2.08 bits per heavy atom. The Balaban J connectivity index is 0.00000256. The minimum absolute atomic E-state index is 0. The van der Waals surface area contributed by atoms with Gasteiger partial charge in [0.2, 0.25) is 6.54 Å². The Morgan fingerprint density at radius 1 is 1.50 bits per heavy atom. The number of halogens is 1. The minimum Gasteiger partial charge on any atom is -1.00 e. The van der Waals surface area contributed by atoms with E-state index >= 15 is 0 Å². The summed E-state index contributed by atoms with van der Waals surface area (Å²) in [6, 6.07) is -1.45. The predicted octanol–water partition coefficient (Wildman–Crippen LogP) is -2.85. The summed E-state index contributed by atoms with van der Waals surface area (Å²) in [6.45, 7) is -0.411. The van der Waals surface area contributed by atoms with Crippen molar-refractivity contribution in [2.45, 2.75) is 6.54 Å². The molecule has 0 fully saturated rings. The van der Waals surface area contributed by atoms with Crippen molar-refractivity contribution >= 4 is 5.97 Å². The highest BCUT2D eigenvalue weighted by Gasteiger charge is 2.06. The highest BCUT2D eigenvalue weighted by Crippen LogP contribution is 1.78. The average Bonchev–Trinajstić information content (AvgIpc) is 2.29. The quantitative estimate of drug-likeness (QED) is 0.373. The Labute approximate surface area is 84.4 Å². The first-order valence-electron chi connectivity index (χ1n) is 5.43. The largest absolute Gasteiger partial charge is 1.00 e. The van der Waals surface area contributed by atoms with Crippen molar-refractivity contribution in [3.63, 3.8) is 0 Å². The van der Waals surface area contributed by atoms with Gasteiger partial charge in [-0.2, -0.15) is 4.57 Å². The highest BCUT2D eigenvalue weighted by atomic mass is 35.5. The van der Waals surface area contributed by atoms with Crippen molar-refractivity contribution in [1.29, 1.82) is 0 Å². The third kappa shape index (κ3) is 3.34. The lowest BCUT2D eigenvalue weighted by molar-refractivity contribution is -0.685. The zero-order chi connectivity index (χ0) is 12.5. The molecule has 0 N–H and O–H groups in total. The lowest BCUT2D eigenvalue weighted by atomic mass is 10.5. The van der Waals surface area contributed by atoms with Gasteiger partial charge in [-0.25, -0.2) is 4.79 Å². The van der Waals surface area contributed by atoms with E-state index in [1.165, 1.54) is 0 Å². The van der Waals surface area contributed by atoms with Gasteiger partial charge in [0.15, 0.2) is 12.3 Å². The number of hydrogen-bond donors (Lipinski definition) is 0. The van der Waals surface area contributed by atoms with Crippen LogP contribution < -0.4 is 17.0 Å². The van der Waals surface area contributed by atoms with Crippen LogP contribution in [0.25, 0.3) is 0 Å². The van der Waals surface area contributed by atoms with E-state index in [1.54, 1.807) is 0 Å². The van der Waals surface area contributed by atoms with E-state index in [0.29, 0.717) is 0 Å². The summed E-state index contributed by atoms with van der Waals surface area (Å²) < 4.78 is 42.3. The number of esters is 1. The normalized spacial score (nSPS) is 14.2. The van der Waals surface area contributed by atoms with Crippen LogP contribution in [0, 0.1) is 0 Å². The molecule has 0 saturated heterocycles. The van der Waals surface area contributed by atoms with Gasteiger partial charge in [-0.1, -0.05) is 6.04 Å². The predicted molar refractivity (Wildman–Crippen MR) is 38.7 cm³/mol. The number of nitrogens with zero attached hydrogens (tertiary/aromatic N) is 1. The number of ether oxygens (including phenoxy) is 1. The van der Waals surface area contributed by atoms with Gasteiger partial charge in [0.05, 0.1) is 11.2 Å². The van der Waals surface area contributed by atoms with E-state index in [-0.39, 0.29) is 12.4 Å². The van der Waals surface area contributed by atoms with Gasteiger partial charge in [-0.15, -0.1) is 0 Å². The molecule has 0 aromatic carbocycles. The Kier molecular flexibility index (Phi) is 2.23. The first-order valence-corrected chi connectivity index (χ1v) is 2.93. The fourth-order valence-electron chi connectivity index (χ4n) is 0.523. The molecular weight excluding hydrogens is 178 g/mol. The summed E-state index contributed by atoms with van der Waals surface area (Å²) in [6.07, 6.45) is -0.896. The van der Waals surface area contributed by atoms with E-state index < -0.39 is 43.0 Å². The summed E-state index contributed by atoms with van der Waals surface area (Å²) >= 11 is 0. The van der Waals surface area contributed by atoms with Crippen molar-refractivity contribution in [2.24, 2.45) is 0 Å². The summed E-state index contributed by atoms with van der Waals surface area (Å²) in [5.74, 6) is -0.677. The monoisotopic (exact) mass is 192 g/mol. The second kappa shape index (κ2) is 5.55. The molecule has 0 atom stereocenters. The molecule has 0 radical (unpaired) electrons. The Hall–Kier alpha value is -1.09. The average molecular weight is 193 g/mol. The molecule has 1 aromatic heterocycles. The number of rotatable bonds is 2. The topological polar surface area (TPSA) is 30.2 Å². The highest BCUT2D eigenvalue weighted by molar-refractivity contribution is 5.67. The van der Waals surface area contributed by atoms with Crippen molar-refractivity contribution in [2.75, 3.05) is 7.11 Å². The van der Waals surface area contributed by atoms with Crippen LogP contribution in [0.2, 0.25) is 0 Å². The molecule has 0 spiro atoms. The van der Waals surface area contributed by atoms with Crippen molar-refractivity contribution in [1.82, 2.24) is 0 Å². The number of carbonyl (C=O) groups is 1. The summed E-state index contributed by atoms with van der Waals surface area (Å²) in [5, 5.41) is 0. The molecule has 0 aliphatic heterocycles. The van der Waals surface area contributed by atoms with Gasteiger partial charge in [-0.3, -0.25) is 0 Å². The number of pyridine rings is 1. The summed E-state index contributed by atoms with van der Waals surface area (Å²) in [4.78, 5) is 11.0. The van der Waals surface area contributed by atoms with E-state index in [4.69, 9.17) is 6.85 Å². The molecule has 0 bridgehead atoms. The lowest BCUT2D eigenvalue weighted by Crippen LogP contribution is -3.00. The number of aromatic nitrogens is 1. The maximum Gasteiger partial charge on any atom is 0.372 e. The third-order valence-electron chi connectivity index (χ3n) is 1.02. The van der Waals surface area contributed by atoms with Crippen LogP contribution >= 0.6 is 0 Å². The summed E-state index contributed by atoms with van der Waals surface area (Å²) in [5.41, 5.74) is 0. The zero-order valence-electron chi connectivity index (χ0n) is 11.3. The molecule has 0 amide bonds. The van der Waals surface area contributed by atoms with Gasteiger partial charge in [0, 0.05) is 12.1 Å². The standard InChI is InChI=1S/C8H10NO2.ClH/c1-11-8(10)7-9-5-3-2-4-6-9;/h2-6H,7H2,1H3;1H/q+1;/p-1/i2D,3D,4D,5D,6D;. The van der Waals surface area contributed by atoms with Crippen LogP contribution in [0.5, 0.6) is 0 Å². The van der Waals surface area contributed by atoms with E-state index in [9.17, 15) is 4.79 Å². The van der Waals surface area contributed by atoms with Crippen LogP contribution in [0.15, 0.2) is 30.5 Å². The molecule has 1 aromatic rings. The molecule has 3 nitrogen and oxygen atoms in total. The summed E-state index contributed by atoms with van der Waals surface area (Å²) in [7, 11) is 1.16. The lowest BCUT2D eigenvalue weighted by Gasteiger charge is -1.93. The van der Waals surface area contributed by atoms with Crippen LogP contribution in [-0.2, 0) is 16.1 Å². The molecule has 0 saturated carbocycles. The zero-order valence-corrected chi connectivity index (χ0v) is 7.10. The van der Waals surface area contributed by atoms with Gasteiger partial charge in [0.25, 0.3) is 0 Å². The van der Waals surface area contributed by atoms with Crippen molar-refractivity contribution in [3.05, 3.63) is 30.5 Å². The van der Waals surface area contributed by atoms with Gasteiger partial charge in [0.1, 0.15) is 2.74 Å². The van der Waals surface area contributed by atoms with Gasteiger partial charge >= 0.3 is 5.97 Å². The Bertz CT molecular complexity index is 425. The maximum atomic E-state index is 11.0. The number of hydrogen-bond acceptors (Lipinski definition) is 2. The van der Waals surface area contributed by atoms with Crippen LogP contribution in [0.4, 0.5) is 0 Å². The van der Waals surface area contributed by atoms with Gasteiger partial charge < -0.3 is 17.1 Å². The second-order valence-electron chi connectivity index (χ2n) is 1.76. The number of carbonyl (C=O) groups excluding carboxylic acids is 1. The molecule has 4 heteroatoms. The van der Waals surface area contributed by atoms with Crippen molar-refractivity contribution in [3.8, 4) is 0 Å². The Morgan fingerprint density at radius 3 is 2.58 bits per heavy atom. The van der Waals surface area contributed by atoms with E-state index in [1.807, 2.05) is 0 Å². The third-order valence-corrected chi connectivity index (χ3v) is 1.02. The molecule has 12 heavy (non-hydrogen) atoms.